The maximum absolute atomic E-state index is 12.9. The van der Waals surface area contributed by atoms with Crippen LogP contribution in [-0.2, 0) is 25.7 Å². The van der Waals surface area contributed by atoms with Crippen LogP contribution in [0, 0.1) is 11.8 Å². The molecule has 0 bridgehead atoms. The Morgan fingerprint density at radius 1 is 1.02 bits per heavy atom. The molecule has 0 spiro atoms. The summed E-state index contributed by atoms with van der Waals surface area (Å²) in [6.07, 6.45) is 19.9. The lowest BCUT2D eigenvalue weighted by atomic mass is 9.95. The second-order valence-electron chi connectivity index (χ2n) is 11.1. The van der Waals surface area contributed by atoms with Crippen molar-refractivity contribution in [3.63, 3.8) is 0 Å². The molecule has 4 rings (SSSR count). The predicted molar refractivity (Wildman–Crippen MR) is 159 cm³/mol. The van der Waals surface area contributed by atoms with Gasteiger partial charge in [0.05, 0.1) is 5.92 Å². The van der Waals surface area contributed by atoms with E-state index in [9.17, 15) is 14.4 Å². The SMILES string of the molecule is O=C(CCC1CCCC(N2CC(C(=O)NCCC3=C/C=C/CC/C=C\3)CC2=O)CC1)OCc1cc(Cl)cc(Cl)c1. The van der Waals surface area contributed by atoms with Crippen LogP contribution < -0.4 is 5.32 Å². The van der Waals surface area contributed by atoms with Gasteiger partial charge in [-0.15, -0.1) is 0 Å². The van der Waals surface area contributed by atoms with Crippen LogP contribution in [0.1, 0.15) is 76.2 Å². The third-order valence-electron chi connectivity index (χ3n) is 8.10. The lowest BCUT2D eigenvalue weighted by Crippen LogP contribution is -2.38. The zero-order valence-corrected chi connectivity index (χ0v) is 24.6. The Bertz CT molecular complexity index is 1130. The van der Waals surface area contributed by atoms with Crippen molar-refractivity contribution in [3.8, 4) is 0 Å². The number of amides is 2. The molecule has 1 aromatic rings. The van der Waals surface area contributed by atoms with Gasteiger partial charge in [-0.05, 0) is 80.2 Å². The van der Waals surface area contributed by atoms with E-state index in [1.165, 1.54) is 5.57 Å². The molecule has 1 N–H and O–H groups in total. The number of carbonyl (C=O) groups is 3. The number of carbonyl (C=O) groups excluding carboxylic acids is 3. The summed E-state index contributed by atoms with van der Waals surface area (Å²) in [6.45, 7) is 1.24. The molecule has 3 aliphatic rings. The first-order valence-corrected chi connectivity index (χ1v) is 15.3. The highest BCUT2D eigenvalue weighted by atomic mass is 35.5. The van der Waals surface area contributed by atoms with E-state index in [1.54, 1.807) is 18.2 Å². The summed E-state index contributed by atoms with van der Waals surface area (Å²) >= 11 is 12.0. The molecule has 8 heteroatoms. The second kappa shape index (κ2) is 15.4. The Hall–Kier alpha value is -2.57. The van der Waals surface area contributed by atoms with Gasteiger partial charge in [0.2, 0.25) is 11.8 Å². The van der Waals surface area contributed by atoms with Crippen LogP contribution in [0.25, 0.3) is 0 Å². The minimum atomic E-state index is -0.280. The maximum Gasteiger partial charge on any atom is 0.306 e. The lowest BCUT2D eigenvalue weighted by molar-refractivity contribution is -0.145. The highest BCUT2D eigenvalue weighted by Crippen LogP contribution is 2.32. The van der Waals surface area contributed by atoms with E-state index in [0.717, 1.165) is 63.4 Å². The summed E-state index contributed by atoms with van der Waals surface area (Å²) in [4.78, 5) is 40.0. The quantitative estimate of drug-likeness (QED) is 0.237. The monoisotopic (exact) mass is 586 g/mol. The van der Waals surface area contributed by atoms with Crippen LogP contribution in [0.15, 0.2) is 54.2 Å². The fourth-order valence-electron chi connectivity index (χ4n) is 5.88. The molecule has 0 radical (unpaired) electrons. The third kappa shape index (κ3) is 9.52. The van der Waals surface area contributed by atoms with Crippen molar-refractivity contribution in [2.75, 3.05) is 13.1 Å². The smallest absolute Gasteiger partial charge is 0.306 e. The van der Waals surface area contributed by atoms with Crippen LogP contribution in [-0.4, -0.2) is 41.8 Å². The predicted octanol–water partition coefficient (Wildman–Crippen LogP) is 6.95. The van der Waals surface area contributed by atoms with Crippen LogP contribution in [0.3, 0.4) is 0 Å². The first kappa shape index (κ1) is 30.4. The maximum atomic E-state index is 12.9. The van der Waals surface area contributed by atoms with E-state index in [2.05, 4.69) is 35.7 Å². The topological polar surface area (TPSA) is 75.7 Å². The van der Waals surface area contributed by atoms with Crippen molar-refractivity contribution < 1.29 is 19.1 Å². The Labute approximate surface area is 247 Å². The fourth-order valence-corrected chi connectivity index (χ4v) is 6.45. The molecular formula is C32H40Cl2N2O4. The number of nitrogens with one attached hydrogen (secondary N) is 1. The van der Waals surface area contributed by atoms with Gasteiger partial charge in [0.1, 0.15) is 6.61 Å². The van der Waals surface area contributed by atoms with Crippen LogP contribution in [0.2, 0.25) is 10.0 Å². The van der Waals surface area contributed by atoms with Gasteiger partial charge in [-0.1, -0.05) is 66.4 Å². The zero-order valence-electron chi connectivity index (χ0n) is 23.1. The summed E-state index contributed by atoms with van der Waals surface area (Å²) in [5.74, 6) is -0.00588. The molecule has 1 aromatic carbocycles. The Morgan fingerprint density at radius 3 is 2.65 bits per heavy atom. The number of hydrogen-bond donors (Lipinski definition) is 1. The number of allylic oxidation sites excluding steroid dienone is 5. The molecule has 216 valence electrons. The summed E-state index contributed by atoms with van der Waals surface area (Å²) in [6, 6.07) is 5.30. The number of nitrogens with zero attached hydrogens (tertiary/aromatic N) is 1. The van der Waals surface area contributed by atoms with E-state index in [0.29, 0.717) is 41.9 Å². The van der Waals surface area contributed by atoms with Gasteiger partial charge in [-0.2, -0.15) is 0 Å². The summed E-state index contributed by atoms with van der Waals surface area (Å²) in [5, 5.41) is 4.09. The number of benzene rings is 1. The molecule has 2 amide bonds. The van der Waals surface area contributed by atoms with Crippen LogP contribution >= 0.6 is 23.2 Å². The van der Waals surface area contributed by atoms with Gasteiger partial charge < -0.3 is 15.0 Å². The highest BCUT2D eigenvalue weighted by molar-refractivity contribution is 6.34. The average molecular weight is 588 g/mol. The average Bonchev–Trinajstić information content (AvgIpc) is 3.13. The summed E-state index contributed by atoms with van der Waals surface area (Å²) in [5.41, 5.74) is 1.97. The molecule has 2 aliphatic carbocycles. The Morgan fingerprint density at radius 2 is 1.82 bits per heavy atom. The largest absolute Gasteiger partial charge is 0.461 e. The van der Waals surface area contributed by atoms with Gasteiger partial charge in [0.15, 0.2) is 0 Å². The van der Waals surface area contributed by atoms with Gasteiger partial charge in [-0.3, -0.25) is 14.4 Å². The van der Waals surface area contributed by atoms with E-state index in [1.807, 2.05) is 4.90 Å². The van der Waals surface area contributed by atoms with E-state index >= 15 is 0 Å². The minimum absolute atomic E-state index is 0.0214. The van der Waals surface area contributed by atoms with Crippen molar-refractivity contribution in [3.05, 3.63) is 69.8 Å². The second-order valence-corrected chi connectivity index (χ2v) is 12.0. The molecule has 6 nitrogen and oxygen atoms in total. The standard InChI is InChI=1S/C32H40Cl2N2O4/c33-27-17-25(18-28(34)20-27)22-40-31(38)14-12-24-9-6-10-29(13-11-24)36-21-26(19-30(36)37)32(39)35-16-15-23-7-4-2-1-3-5-8-23/h2,4-5,7-8,17-18,20,24,26,29H,1,3,6,9-16,19,21-22H2,(H,35,39)/b4-2+,8-5-,23-7+. The summed E-state index contributed by atoms with van der Waals surface area (Å²) < 4.78 is 5.43. The van der Waals surface area contributed by atoms with Gasteiger partial charge in [0, 0.05) is 42.0 Å². The zero-order chi connectivity index (χ0) is 28.3. The van der Waals surface area contributed by atoms with E-state index < -0.39 is 0 Å². The van der Waals surface area contributed by atoms with Crippen molar-refractivity contribution in [1.29, 1.82) is 0 Å². The van der Waals surface area contributed by atoms with Crippen molar-refractivity contribution >= 4 is 41.0 Å². The number of likely N-dealkylation sites (tertiary alicyclic amines) is 1. The number of esters is 1. The normalized spacial score (nSPS) is 26.1. The number of hydrogen-bond acceptors (Lipinski definition) is 4. The van der Waals surface area contributed by atoms with Crippen molar-refractivity contribution in [1.82, 2.24) is 10.2 Å². The first-order valence-electron chi connectivity index (χ1n) is 14.6. The molecular weight excluding hydrogens is 547 g/mol. The van der Waals surface area contributed by atoms with Gasteiger partial charge in [-0.25, -0.2) is 0 Å². The molecule has 40 heavy (non-hydrogen) atoms. The van der Waals surface area contributed by atoms with E-state index in [4.69, 9.17) is 27.9 Å². The van der Waals surface area contributed by atoms with Crippen molar-refractivity contribution in [2.45, 2.75) is 83.3 Å². The minimum Gasteiger partial charge on any atom is -0.461 e. The van der Waals surface area contributed by atoms with Gasteiger partial charge >= 0.3 is 5.97 Å². The van der Waals surface area contributed by atoms with Crippen LogP contribution in [0.5, 0.6) is 0 Å². The molecule has 2 fully saturated rings. The van der Waals surface area contributed by atoms with E-state index in [-0.39, 0.29) is 36.4 Å². The number of rotatable bonds is 10. The highest BCUT2D eigenvalue weighted by Gasteiger charge is 2.38. The summed E-state index contributed by atoms with van der Waals surface area (Å²) in [7, 11) is 0. The molecule has 1 aliphatic heterocycles. The number of halogens is 2. The third-order valence-corrected chi connectivity index (χ3v) is 8.53. The molecule has 0 aromatic heterocycles. The Balaban J connectivity index is 1.16. The molecule has 3 atom stereocenters. The first-order chi connectivity index (χ1) is 19.4. The molecule has 1 saturated heterocycles. The number of ether oxygens (including phenoxy) is 1. The molecule has 3 unspecified atom stereocenters. The van der Waals surface area contributed by atoms with Gasteiger partial charge in [0.25, 0.3) is 0 Å². The molecule has 1 heterocycles. The molecule has 1 saturated carbocycles. The Kier molecular flexibility index (Phi) is 11.7. The van der Waals surface area contributed by atoms with Crippen molar-refractivity contribution in [2.24, 2.45) is 11.8 Å². The van der Waals surface area contributed by atoms with Crippen LogP contribution in [0.4, 0.5) is 0 Å². The fraction of sp³-hybridized carbons (Fsp3) is 0.531. The lowest BCUT2D eigenvalue weighted by Gasteiger charge is -2.27.